The largest absolute Gasteiger partial charge is 0.398 e. The van der Waals surface area contributed by atoms with Gasteiger partial charge in [-0.15, -0.1) is 0 Å². The van der Waals surface area contributed by atoms with Gasteiger partial charge in [0.25, 0.3) is 0 Å². The summed E-state index contributed by atoms with van der Waals surface area (Å²) in [5, 5.41) is 3.28. The Labute approximate surface area is 95.3 Å². The van der Waals surface area contributed by atoms with Gasteiger partial charge in [-0.2, -0.15) is 0 Å². The van der Waals surface area contributed by atoms with Gasteiger partial charge in [0.2, 0.25) is 0 Å². The summed E-state index contributed by atoms with van der Waals surface area (Å²) in [7, 11) is 0. The van der Waals surface area contributed by atoms with Gasteiger partial charge in [-0.3, -0.25) is 0 Å². The Morgan fingerprint density at radius 3 is 2.75 bits per heavy atom. The number of anilines is 2. The van der Waals surface area contributed by atoms with Crippen molar-refractivity contribution in [3.8, 4) is 0 Å². The summed E-state index contributed by atoms with van der Waals surface area (Å²) in [6.45, 7) is 2.73. The van der Waals surface area contributed by atoms with E-state index in [2.05, 4.69) is 10.3 Å². The van der Waals surface area contributed by atoms with Crippen LogP contribution in [0, 0.1) is 6.92 Å². The van der Waals surface area contributed by atoms with Crippen molar-refractivity contribution in [2.75, 3.05) is 11.1 Å². The lowest BCUT2D eigenvalue weighted by atomic mass is 10.2. The number of rotatable bonds is 3. The van der Waals surface area contributed by atoms with Gasteiger partial charge in [0.1, 0.15) is 5.82 Å². The van der Waals surface area contributed by atoms with E-state index in [1.54, 1.807) is 6.20 Å². The molecule has 3 nitrogen and oxygen atoms in total. The maximum absolute atomic E-state index is 5.86. The van der Waals surface area contributed by atoms with Crippen LogP contribution in [-0.4, -0.2) is 4.98 Å². The summed E-state index contributed by atoms with van der Waals surface area (Å²) in [6.07, 6.45) is 1.78. The van der Waals surface area contributed by atoms with Crippen molar-refractivity contribution in [1.82, 2.24) is 4.98 Å². The lowest BCUT2D eigenvalue weighted by Crippen LogP contribution is -2.05. The van der Waals surface area contributed by atoms with Crippen LogP contribution in [0.3, 0.4) is 0 Å². The number of nitrogen functional groups attached to an aromatic ring is 1. The van der Waals surface area contributed by atoms with Crippen molar-refractivity contribution in [3.63, 3.8) is 0 Å². The van der Waals surface area contributed by atoms with E-state index in [-0.39, 0.29) is 0 Å². The van der Waals surface area contributed by atoms with Crippen molar-refractivity contribution in [2.24, 2.45) is 0 Å². The topological polar surface area (TPSA) is 50.9 Å². The van der Waals surface area contributed by atoms with E-state index in [0.717, 1.165) is 22.6 Å². The van der Waals surface area contributed by atoms with Crippen molar-refractivity contribution in [3.05, 3.63) is 53.7 Å². The van der Waals surface area contributed by atoms with Gasteiger partial charge >= 0.3 is 0 Å². The van der Waals surface area contributed by atoms with E-state index in [1.807, 2.05) is 43.3 Å². The Morgan fingerprint density at radius 2 is 2.00 bits per heavy atom. The molecule has 1 heterocycles. The summed E-state index contributed by atoms with van der Waals surface area (Å²) in [4.78, 5) is 4.27. The number of nitrogens with one attached hydrogen (secondary N) is 1. The molecule has 0 saturated heterocycles. The number of pyridine rings is 1. The van der Waals surface area contributed by atoms with Crippen molar-refractivity contribution >= 4 is 11.5 Å². The lowest BCUT2D eigenvalue weighted by Gasteiger charge is -2.09. The predicted octanol–water partition coefficient (Wildman–Crippen LogP) is 2.58. The van der Waals surface area contributed by atoms with Crippen molar-refractivity contribution in [2.45, 2.75) is 13.5 Å². The van der Waals surface area contributed by atoms with Crippen LogP contribution in [0.15, 0.2) is 42.6 Å². The van der Waals surface area contributed by atoms with Gasteiger partial charge in [-0.25, -0.2) is 4.98 Å². The number of nitrogens with two attached hydrogens (primary N) is 1. The Morgan fingerprint density at radius 1 is 1.19 bits per heavy atom. The standard InChI is InChI=1S/C13H15N3/c1-10-5-4-8-15-13(10)16-9-11-6-2-3-7-12(11)14/h2-8H,9,14H2,1H3,(H,15,16). The molecule has 3 N–H and O–H groups in total. The van der Waals surface area contributed by atoms with Crippen LogP contribution in [0.5, 0.6) is 0 Å². The first-order chi connectivity index (χ1) is 7.77. The van der Waals surface area contributed by atoms with Crippen LogP contribution in [0.1, 0.15) is 11.1 Å². The second kappa shape index (κ2) is 4.66. The molecule has 0 unspecified atom stereocenters. The summed E-state index contributed by atoms with van der Waals surface area (Å²) in [6, 6.07) is 11.8. The molecule has 1 aromatic heterocycles. The first-order valence-corrected chi connectivity index (χ1v) is 5.26. The maximum Gasteiger partial charge on any atom is 0.129 e. The second-order valence-corrected chi connectivity index (χ2v) is 3.72. The van der Waals surface area contributed by atoms with Gasteiger partial charge in [-0.1, -0.05) is 24.3 Å². The number of benzene rings is 1. The monoisotopic (exact) mass is 213 g/mol. The first kappa shape index (κ1) is 10.5. The van der Waals surface area contributed by atoms with Gasteiger partial charge in [-0.05, 0) is 30.2 Å². The predicted molar refractivity (Wildman–Crippen MR) is 67.2 cm³/mol. The zero-order valence-corrected chi connectivity index (χ0v) is 9.27. The molecule has 1 aromatic carbocycles. The highest BCUT2D eigenvalue weighted by Gasteiger charge is 2.00. The molecule has 0 fully saturated rings. The molecule has 0 aliphatic rings. The molecule has 3 heteroatoms. The van der Waals surface area contributed by atoms with Crippen molar-refractivity contribution in [1.29, 1.82) is 0 Å². The molecule has 2 aromatic rings. The number of aryl methyl sites for hydroxylation is 1. The minimum absolute atomic E-state index is 0.699. The van der Waals surface area contributed by atoms with E-state index in [4.69, 9.17) is 5.73 Å². The van der Waals surface area contributed by atoms with Crippen LogP contribution in [-0.2, 0) is 6.54 Å². The minimum Gasteiger partial charge on any atom is -0.398 e. The fraction of sp³-hybridized carbons (Fsp3) is 0.154. The molecule has 0 bridgehead atoms. The SMILES string of the molecule is Cc1cccnc1NCc1ccccc1N. The molecule has 0 atom stereocenters. The molecule has 0 aliphatic carbocycles. The maximum atomic E-state index is 5.86. The fourth-order valence-corrected chi connectivity index (χ4v) is 1.54. The zero-order chi connectivity index (χ0) is 11.4. The van der Waals surface area contributed by atoms with E-state index in [9.17, 15) is 0 Å². The number of aromatic nitrogens is 1. The Balaban J connectivity index is 2.09. The summed E-state index contributed by atoms with van der Waals surface area (Å²) >= 11 is 0. The van der Waals surface area contributed by atoms with Gasteiger partial charge in [0.05, 0.1) is 0 Å². The number of hydrogen-bond acceptors (Lipinski definition) is 3. The summed E-state index contributed by atoms with van der Waals surface area (Å²) in [5.74, 6) is 0.908. The van der Waals surface area contributed by atoms with Crippen LogP contribution in [0.4, 0.5) is 11.5 Å². The molecular weight excluding hydrogens is 198 g/mol. The average molecular weight is 213 g/mol. The van der Waals surface area contributed by atoms with E-state index >= 15 is 0 Å². The number of para-hydroxylation sites is 1. The third-order valence-electron chi connectivity index (χ3n) is 2.51. The molecular formula is C13H15N3. The van der Waals surface area contributed by atoms with Crippen LogP contribution in [0.25, 0.3) is 0 Å². The average Bonchev–Trinajstić information content (AvgIpc) is 2.30. The molecule has 0 amide bonds. The van der Waals surface area contributed by atoms with Gasteiger partial charge < -0.3 is 11.1 Å². The van der Waals surface area contributed by atoms with Crippen LogP contribution >= 0.6 is 0 Å². The molecule has 0 saturated carbocycles. The summed E-state index contributed by atoms with van der Waals surface area (Å²) in [5.41, 5.74) is 8.90. The Hall–Kier alpha value is -2.03. The van der Waals surface area contributed by atoms with Gasteiger partial charge in [0, 0.05) is 18.4 Å². The lowest BCUT2D eigenvalue weighted by molar-refractivity contribution is 1.10. The third kappa shape index (κ3) is 2.31. The molecule has 0 aliphatic heterocycles. The van der Waals surface area contributed by atoms with Crippen LogP contribution < -0.4 is 11.1 Å². The smallest absolute Gasteiger partial charge is 0.129 e. The molecule has 82 valence electrons. The van der Waals surface area contributed by atoms with Gasteiger partial charge in [0.15, 0.2) is 0 Å². The number of hydrogen-bond donors (Lipinski definition) is 2. The normalized spacial score (nSPS) is 10.1. The van der Waals surface area contributed by atoms with E-state index < -0.39 is 0 Å². The fourth-order valence-electron chi connectivity index (χ4n) is 1.54. The zero-order valence-electron chi connectivity index (χ0n) is 9.27. The van der Waals surface area contributed by atoms with E-state index in [0.29, 0.717) is 6.54 Å². The Bertz CT molecular complexity index is 435. The molecule has 2 rings (SSSR count). The van der Waals surface area contributed by atoms with Crippen molar-refractivity contribution < 1.29 is 0 Å². The quantitative estimate of drug-likeness (QED) is 0.770. The number of nitrogens with zero attached hydrogens (tertiary/aromatic N) is 1. The van der Waals surface area contributed by atoms with Crippen LogP contribution in [0.2, 0.25) is 0 Å². The summed E-state index contributed by atoms with van der Waals surface area (Å²) < 4.78 is 0. The highest BCUT2D eigenvalue weighted by Crippen LogP contribution is 2.14. The highest BCUT2D eigenvalue weighted by atomic mass is 15.0. The minimum atomic E-state index is 0.699. The highest BCUT2D eigenvalue weighted by molar-refractivity contribution is 5.50. The molecule has 16 heavy (non-hydrogen) atoms. The molecule has 0 spiro atoms. The first-order valence-electron chi connectivity index (χ1n) is 5.26. The second-order valence-electron chi connectivity index (χ2n) is 3.72. The Kier molecular flexibility index (Phi) is 3.05. The molecule has 0 radical (unpaired) electrons. The van der Waals surface area contributed by atoms with E-state index in [1.165, 1.54) is 0 Å². The third-order valence-corrected chi connectivity index (χ3v) is 2.51.